The highest BCUT2D eigenvalue weighted by atomic mass is 16.3. The van der Waals surface area contributed by atoms with E-state index >= 15 is 0 Å². The molecule has 1 heterocycles. The molecule has 0 spiro atoms. The summed E-state index contributed by atoms with van der Waals surface area (Å²) in [5.41, 5.74) is -0.621. The summed E-state index contributed by atoms with van der Waals surface area (Å²) in [6, 6.07) is 3.21. The Bertz CT molecular complexity index is 277. The summed E-state index contributed by atoms with van der Waals surface area (Å²) in [7, 11) is 0. The molecule has 13 heavy (non-hydrogen) atoms. The maximum absolute atomic E-state index is 11.4. The lowest BCUT2D eigenvalue weighted by molar-refractivity contribution is 0.0841. The van der Waals surface area contributed by atoms with Gasteiger partial charge < -0.3 is 14.8 Å². The lowest BCUT2D eigenvalue weighted by Gasteiger charge is -2.22. The Morgan fingerprint density at radius 3 is 2.85 bits per heavy atom. The molecule has 0 saturated heterocycles. The minimum atomic E-state index is -0.621. The largest absolute Gasteiger partial charge is 0.459 e. The number of hydrogen-bond acceptors (Lipinski definition) is 3. The fourth-order valence-electron chi connectivity index (χ4n) is 0.816. The topological polar surface area (TPSA) is 62.5 Å². The van der Waals surface area contributed by atoms with Gasteiger partial charge in [0.2, 0.25) is 0 Å². The van der Waals surface area contributed by atoms with Crippen LogP contribution in [-0.4, -0.2) is 23.2 Å². The van der Waals surface area contributed by atoms with Crippen molar-refractivity contribution in [1.82, 2.24) is 5.32 Å². The fraction of sp³-hybridized carbons (Fsp3) is 0.444. The van der Waals surface area contributed by atoms with E-state index in [1.807, 2.05) is 0 Å². The number of nitrogens with one attached hydrogen (secondary N) is 1. The van der Waals surface area contributed by atoms with E-state index in [1.54, 1.807) is 26.0 Å². The van der Waals surface area contributed by atoms with Gasteiger partial charge in [0.15, 0.2) is 5.76 Å². The highest BCUT2D eigenvalue weighted by molar-refractivity contribution is 5.91. The van der Waals surface area contributed by atoms with Gasteiger partial charge in [0.05, 0.1) is 18.4 Å². The predicted molar refractivity (Wildman–Crippen MR) is 47.3 cm³/mol. The molecule has 0 radical (unpaired) electrons. The Balaban J connectivity index is 2.61. The van der Waals surface area contributed by atoms with Crippen LogP contribution in [0.25, 0.3) is 0 Å². The Kier molecular flexibility index (Phi) is 2.72. The van der Waals surface area contributed by atoms with E-state index in [4.69, 9.17) is 9.52 Å². The SMILES string of the molecule is CC(C)(CO)NC(=O)c1ccco1. The average Bonchev–Trinajstić information content (AvgIpc) is 2.55. The third kappa shape index (κ3) is 2.59. The molecule has 1 rings (SSSR count). The van der Waals surface area contributed by atoms with Crippen molar-refractivity contribution in [3.63, 3.8) is 0 Å². The molecule has 0 aromatic carbocycles. The molecule has 1 aromatic heterocycles. The Morgan fingerprint density at radius 1 is 1.69 bits per heavy atom. The number of furan rings is 1. The first kappa shape index (κ1) is 9.80. The van der Waals surface area contributed by atoms with Crippen molar-refractivity contribution in [3.05, 3.63) is 24.2 Å². The van der Waals surface area contributed by atoms with Crippen LogP contribution < -0.4 is 5.32 Å². The molecular formula is C9H13NO3. The second kappa shape index (κ2) is 3.62. The average molecular weight is 183 g/mol. The molecule has 0 aliphatic carbocycles. The third-order valence-electron chi connectivity index (χ3n) is 1.59. The smallest absolute Gasteiger partial charge is 0.287 e. The van der Waals surface area contributed by atoms with Gasteiger partial charge in [0, 0.05) is 0 Å². The molecule has 0 aliphatic heterocycles. The van der Waals surface area contributed by atoms with Crippen molar-refractivity contribution in [2.24, 2.45) is 0 Å². The van der Waals surface area contributed by atoms with E-state index in [1.165, 1.54) is 6.26 Å². The summed E-state index contributed by atoms with van der Waals surface area (Å²) in [6.45, 7) is 3.35. The summed E-state index contributed by atoms with van der Waals surface area (Å²) < 4.78 is 4.89. The Labute approximate surface area is 76.6 Å². The highest BCUT2D eigenvalue weighted by Gasteiger charge is 2.20. The van der Waals surface area contributed by atoms with E-state index in [-0.39, 0.29) is 18.3 Å². The van der Waals surface area contributed by atoms with Crippen molar-refractivity contribution in [2.45, 2.75) is 19.4 Å². The zero-order valence-electron chi connectivity index (χ0n) is 7.70. The number of carbonyl (C=O) groups excluding carboxylic acids is 1. The van der Waals surface area contributed by atoms with Crippen LogP contribution >= 0.6 is 0 Å². The maximum Gasteiger partial charge on any atom is 0.287 e. The molecule has 0 aliphatic rings. The van der Waals surface area contributed by atoms with Crippen LogP contribution in [0.5, 0.6) is 0 Å². The van der Waals surface area contributed by atoms with Crippen LogP contribution in [0.3, 0.4) is 0 Å². The van der Waals surface area contributed by atoms with Crippen molar-refractivity contribution in [2.75, 3.05) is 6.61 Å². The van der Waals surface area contributed by atoms with E-state index in [0.29, 0.717) is 0 Å². The molecule has 2 N–H and O–H groups in total. The lowest BCUT2D eigenvalue weighted by atomic mass is 10.1. The molecule has 0 atom stereocenters. The quantitative estimate of drug-likeness (QED) is 0.727. The van der Waals surface area contributed by atoms with Crippen LogP contribution in [-0.2, 0) is 0 Å². The van der Waals surface area contributed by atoms with Crippen molar-refractivity contribution >= 4 is 5.91 Å². The molecule has 72 valence electrons. The predicted octanol–water partition coefficient (Wildman–Crippen LogP) is 0.780. The molecule has 4 heteroatoms. The van der Waals surface area contributed by atoms with E-state index in [0.717, 1.165) is 0 Å². The van der Waals surface area contributed by atoms with Gasteiger partial charge in [-0.05, 0) is 26.0 Å². The first-order chi connectivity index (χ1) is 6.05. The van der Waals surface area contributed by atoms with E-state index < -0.39 is 5.54 Å². The van der Waals surface area contributed by atoms with Crippen LogP contribution in [0.15, 0.2) is 22.8 Å². The number of aliphatic hydroxyl groups is 1. The number of carbonyl (C=O) groups is 1. The second-order valence-electron chi connectivity index (χ2n) is 3.47. The first-order valence-corrected chi connectivity index (χ1v) is 4.02. The van der Waals surface area contributed by atoms with Crippen molar-refractivity contribution in [1.29, 1.82) is 0 Å². The van der Waals surface area contributed by atoms with Crippen LogP contribution in [0.2, 0.25) is 0 Å². The van der Waals surface area contributed by atoms with Gasteiger partial charge in [-0.2, -0.15) is 0 Å². The number of hydrogen-bond donors (Lipinski definition) is 2. The minimum absolute atomic E-state index is 0.112. The monoisotopic (exact) mass is 183 g/mol. The minimum Gasteiger partial charge on any atom is -0.459 e. The first-order valence-electron chi connectivity index (χ1n) is 4.02. The van der Waals surface area contributed by atoms with Gasteiger partial charge in [-0.15, -0.1) is 0 Å². The van der Waals surface area contributed by atoms with Gasteiger partial charge in [-0.25, -0.2) is 0 Å². The number of aliphatic hydroxyl groups excluding tert-OH is 1. The molecule has 0 bridgehead atoms. The van der Waals surface area contributed by atoms with Crippen molar-refractivity contribution < 1.29 is 14.3 Å². The highest BCUT2D eigenvalue weighted by Crippen LogP contribution is 2.04. The van der Waals surface area contributed by atoms with E-state index in [9.17, 15) is 4.79 Å². The Hall–Kier alpha value is -1.29. The molecular weight excluding hydrogens is 170 g/mol. The van der Waals surface area contributed by atoms with Gasteiger partial charge >= 0.3 is 0 Å². The number of amides is 1. The van der Waals surface area contributed by atoms with Gasteiger partial charge in [-0.1, -0.05) is 0 Å². The summed E-state index contributed by atoms with van der Waals surface area (Å²) >= 11 is 0. The zero-order chi connectivity index (χ0) is 9.90. The summed E-state index contributed by atoms with van der Waals surface area (Å²) in [5, 5.41) is 11.5. The van der Waals surface area contributed by atoms with Gasteiger partial charge in [-0.3, -0.25) is 4.79 Å². The molecule has 4 nitrogen and oxygen atoms in total. The standard InChI is InChI=1S/C9H13NO3/c1-9(2,6-11)10-8(12)7-4-3-5-13-7/h3-5,11H,6H2,1-2H3,(H,10,12). The summed E-state index contributed by atoms with van der Waals surface area (Å²) in [5.74, 6) is -0.0643. The van der Waals surface area contributed by atoms with Crippen LogP contribution in [0.1, 0.15) is 24.4 Å². The summed E-state index contributed by atoms with van der Waals surface area (Å²) in [6.07, 6.45) is 1.43. The maximum atomic E-state index is 11.4. The molecule has 0 fully saturated rings. The zero-order valence-corrected chi connectivity index (χ0v) is 7.70. The normalized spacial score (nSPS) is 11.3. The molecule has 1 amide bonds. The summed E-state index contributed by atoms with van der Waals surface area (Å²) in [4.78, 5) is 11.4. The molecule has 1 aromatic rings. The van der Waals surface area contributed by atoms with E-state index in [2.05, 4.69) is 5.32 Å². The lowest BCUT2D eigenvalue weighted by Crippen LogP contribution is -2.46. The molecule has 0 saturated carbocycles. The Morgan fingerprint density at radius 2 is 2.38 bits per heavy atom. The molecule has 0 unspecified atom stereocenters. The van der Waals surface area contributed by atoms with Crippen LogP contribution in [0.4, 0.5) is 0 Å². The number of rotatable bonds is 3. The van der Waals surface area contributed by atoms with Crippen LogP contribution in [0, 0.1) is 0 Å². The third-order valence-corrected chi connectivity index (χ3v) is 1.59. The fourth-order valence-corrected chi connectivity index (χ4v) is 0.816. The second-order valence-corrected chi connectivity index (χ2v) is 3.47. The van der Waals surface area contributed by atoms with Crippen molar-refractivity contribution in [3.8, 4) is 0 Å². The van der Waals surface area contributed by atoms with Gasteiger partial charge in [0.1, 0.15) is 0 Å². The van der Waals surface area contributed by atoms with Gasteiger partial charge in [0.25, 0.3) is 5.91 Å².